The fraction of sp³-hybridized carbons (Fsp3) is 0.429. The summed E-state index contributed by atoms with van der Waals surface area (Å²) in [5.41, 5.74) is 2.22. The Morgan fingerprint density at radius 2 is 2.00 bits per heavy atom. The summed E-state index contributed by atoms with van der Waals surface area (Å²) in [6.45, 7) is 4.71. The van der Waals surface area contributed by atoms with Crippen LogP contribution in [0.25, 0.3) is 10.2 Å². The molecule has 2 bridgehead atoms. The number of amides is 1. The molecule has 5 nitrogen and oxygen atoms in total. The first kappa shape index (κ1) is 19.4. The molecule has 1 amide bonds. The predicted octanol–water partition coefficient (Wildman–Crippen LogP) is 3.84. The summed E-state index contributed by atoms with van der Waals surface area (Å²) >= 11 is 1.59. The molecule has 1 aromatic carbocycles. The summed E-state index contributed by atoms with van der Waals surface area (Å²) in [6, 6.07) is 13.2. The lowest BCUT2D eigenvalue weighted by atomic mass is 10.1. The molecule has 7 heteroatoms. The van der Waals surface area contributed by atoms with Crippen molar-refractivity contribution in [3.05, 3.63) is 52.5 Å². The van der Waals surface area contributed by atoms with Gasteiger partial charge in [-0.15, -0.1) is 23.7 Å². The highest BCUT2D eigenvalue weighted by Crippen LogP contribution is 2.34. The molecule has 2 aliphatic heterocycles. The largest absolute Gasteiger partial charge is 0.331 e. The second-order valence-corrected chi connectivity index (χ2v) is 8.68. The molecule has 0 spiro atoms. The Morgan fingerprint density at radius 3 is 2.82 bits per heavy atom. The molecule has 1 N–H and O–H groups in total. The minimum atomic E-state index is 0. The minimum Gasteiger partial charge on any atom is -0.331 e. The topological polar surface area (TPSA) is 50.2 Å². The highest BCUT2D eigenvalue weighted by molar-refractivity contribution is 7.20. The zero-order valence-electron chi connectivity index (χ0n) is 15.9. The SMILES string of the molecule is Cc1nn(Cc2ccccc2)c2sc(C(=O)N3C4CCNCC3CC4)cc12.Cl. The van der Waals surface area contributed by atoms with E-state index in [-0.39, 0.29) is 18.3 Å². The summed E-state index contributed by atoms with van der Waals surface area (Å²) in [7, 11) is 0. The number of aryl methyl sites for hydroxylation is 1. The summed E-state index contributed by atoms with van der Waals surface area (Å²) in [4.78, 5) is 17.5. The van der Waals surface area contributed by atoms with Crippen molar-refractivity contribution in [3.8, 4) is 0 Å². The Morgan fingerprint density at radius 1 is 1.21 bits per heavy atom. The van der Waals surface area contributed by atoms with E-state index in [2.05, 4.69) is 40.5 Å². The van der Waals surface area contributed by atoms with Crippen molar-refractivity contribution in [1.29, 1.82) is 0 Å². The normalized spacial score (nSPS) is 21.5. The van der Waals surface area contributed by atoms with Crippen molar-refractivity contribution in [2.75, 3.05) is 13.1 Å². The number of nitrogens with one attached hydrogen (secondary N) is 1. The second-order valence-electron chi connectivity index (χ2n) is 7.65. The third kappa shape index (κ3) is 3.34. The van der Waals surface area contributed by atoms with E-state index in [1.165, 1.54) is 5.56 Å². The zero-order valence-corrected chi connectivity index (χ0v) is 17.6. The van der Waals surface area contributed by atoms with Crippen molar-refractivity contribution in [1.82, 2.24) is 20.0 Å². The highest BCUT2D eigenvalue weighted by Gasteiger charge is 2.39. The maximum atomic E-state index is 13.3. The van der Waals surface area contributed by atoms with E-state index in [1.54, 1.807) is 11.3 Å². The first-order valence-electron chi connectivity index (χ1n) is 9.75. The van der Waals surface area contributed by atoms with Crippen LogP contribution in [-0.4, -0.2) is 45.8 Å². The minimum absolute atomic E-state index is 0. The van der Waals surface area contributed by atoms with Crippen molar-refractivity contribution < 1.29 is 4.79 Å². The molecule has 2 atom stereocenters. The van der Waals surface area contributed by atoms with Crippen LogP contribution in [0.3, 0.4) is 0 Å². The Kier molecular flexibility index (Phi) is 5.45. The van der Waals surface area contributed by atoms with Crippen LogP contribution >= 0.6 is 23.7 Å². The Hall–Kier alpha value is -1.89. The van der Waals surface area contributed by atoms with Gasteiger partial charge in [0.25, 0.3) is 5.91 Å². The molecule has 2 aliphatic rings. The molecule has 2 unspecified atom stereocenters. The molecule has 0 aliphatic carbocycles. The number of benzene rings is 1. The van der Waals surface area contributed by atoms with Gasteiger partial charge in [-0.05, 0) is 44.4 Å². The van der Waals surface area contributed by atoms with Gasteiger partial charge in [0.2, 0.25) is 0 Å². The number of carbonyl (C=O) groups excluding carboxylic acids is 1. The van der Waals surface area contributed by atoms with Crippen LogP contribution in [0.2, 0.25) is 0 Å². The van der Waals surface area contributed by atoms with Gasteiger partial charge >= 0.3 is 0 Å². The van der Waals surface area contributed by atoms with Crippen LogP contribution in [0, 0.1) is 6.92 Å². The predicted molar refractivity (Wildman–Crippen MR) is 116 cm³/mol. The number of aromatic nitrogens is 2. The lowest BCUT2D eigenvalue weighted by molar-refractivity contribution is 0.0685. The molecule has 2 fully saturated rings. The maximum Gasteiger partial charge on any atom is 0.264 e. The average molecular weight is 417 g/mol. The number of rotatable bonds is 3. The lowest BCUT2D eigenvalue weighted by Gasteiger charge is -2.27. The third-order valence-corrected chi connectivity index (χ3v) is 7.02. The molecular weight excluding hydrogens is 392 g/mol. The highest BCUT2D eigenvalue weighted by atomic mass is 35.5. The molecule has 0 saturated carbocycles. The number of thiophene rings is 1. The van der Waals surface area contributed by atoms with Crippen molar-refractivity contribution in [3.63, 3.8) is 0 Å². The molecular formula is C21H25ClN4OS. The zero-order chi connectivity index (χ0) is 18.4. The summed E-state index contributed by atoms with van der Waals surface area (Å²) in [6.07, 6.45) is 3.33. The van der Waals surface area contributed by atoms with E-state index in [1.807, 2.05) is 17.7 Å². The first-order valence-corrected chi connectivity index (χ1v) is 10.6. The van der Waals surface area contributed by atoms with Gasteiger partial charge in [0, 0.05) is 24.0 Å². The quantitative estimate of drug-likeness (QED) is 0.705. The summed E-state index contributed by atoms with van der Waals surface area (Å²) in [5, 5.41) is 9.30. The Bertz CT molecular complexity index is 969. The van der Waals surface area contributed by atoms with Gasteiger partial charge in [0.15, 0.2) is 0 Å². The van der Waals surface area contributed by atoms with Crippen molar-refractivity contribution in [2.24, 2.45) is 0 Å². The Labute approximate surface area is 175 Å². The number of hydrogen-bond donors (Lipinski definition) is 1. The number of carbonyl (C=O) groups is 1. The lowest BCUT2D eigenvalue weighted by Crippen LogP contribution is -2.42. The van der Waals surface area contributed by atoms with Gasteiger partial charge in [-0.25, -0.2) is 0 Å². The maximum absolute atomic E-state index is 13.3. The molecule has 3 aromatic rings. The van der Waals surface area contributed by atoms with E-state index in [4.69, 9.17) is 5.10 Å². The van der Waals surface area contributed by atoms with Gasteiger partial charge in [-0.3, -0.25) is 9.48 Å². The number of halogens is 1. The van der Waals surface area contributed by atoms with Gasteiger partial charge in [-0.1, -0.05) is 30.3 Å². The van der Waals surface area contributed by atoms with Crippen molar-refractivity contribution in [2.45, 2.75) is 44.8 Å². The van der Waals surface area contributed by atoms with Gasteiger partial charge in [0.05, 0.1) is 17.1 Å². The smallest absolute Gasteiger partial charge is 0.264 e. The molecule has 5 rings (SSSR count). The molecule has 148 valence electrons. The van der Waals surface area contributed by atoms with E-state index in [9.17, 15) is 4.79 Å². The third-order valence-electron chi connectivity index (χ3n) is 5.88. The number of nitrogens with zero attached hydrogens (tertiary/aromatic N) is 3. The molecule has 0 radical (unpaired) electrons. The summed E-state index contributed by atoms with van der Waals surface area (Å²) in [5.74, 6) is 0.207. The van der Waals surface area contributed by atoms with Crippen LogP contribution < -0.4 is 5.32 Å². The molecule has 2 saturated heterocycles. The molecule has 2 aromatic heterocycles. The fourth-order valence-electron chi connectivity index (χ4n) is 4.52. The fourth-order valence-corrected chi connectivity index (χ4v) is 5.63. The van der Waals surface area contributed by atoms with Crippen LogP contribution in [0.4, 0.5) is 0 Å². The van der Waals surface area contributed by atoms with E-state index < -0.39 is 0 Å². The van der Waals surface area contributed by atoms with Gasteiger partial charge in [-0.2, -0.15) is 5.10 Å². The van der Waals surface area contributed by atoms with Gasteiger partial charge in [0.1, 0.15) is 4.83 Å². The van der Waals surface area contributed by atoms with Crippen LogP contribution in [-0.2, 0) is 6.54 Å². The van der Waals surface area contributed by atoms with Gasteiger partial charge < -0.3 is 10.2 Å². The monoisotopic (exact) mass is 416 g/mol. The number of hydrogen-bond acceptors (Lipinski definition) is 4. The van der Waals surface area contributed by atoms with Crippen molar-refractivity contribution >= 4 is 39.9 Å². The Balaban J connectivity index is 0.00000192. The average Bonchev–Trinajstić information content (AvgIpc) is 3.29. The first-order chi connectivity index (χ1) is 13.2. The summed E-state index contributed by atoms with van der Waals surface area (Å²) < 4.78 is 2.04. The van der Waals surface area contributed by atoms with Crippen LogP contribution in [0.15, 0.2) is 36.4 Å². The molecule has 4 heterocycles. The van der Waals surface area contributed by atoms with E-state index >= 15 is 0 Å². The van der Waals surface area contributed by atoms with Crippen LogP contribution in [0.1, 0.15) is 40.2 Å². The standard InChI is InChI=1S/C21H24N4OS.ClH/c1-14-18-11-19(20(26)25-16-7-8-17(25)12-22-10-9-16)27-21(18)24(23-14)13-15-5-3-2-4-6-15;/h2-6,11,16-17,22H,7-10,12-13H2,1H3;1H. The van der Waals surface area contributed by atoms with E-state index in [0.29, 0.717) is 12.1 Å². The molecule has 28 heavy (non-hydrogen) atoms. The second kappa shape index (κ2) is 7.85. The van der Waals surface area contributed by atoms with E-state index in [0.717, 1.165) is 59.7 Å². The number of fused-ring (bicyclic) bond motifs is 3. The van der Waals surface area contributed by atoms with Crippen LogP contribution in [0.5, 0.6) is 0 Å².